The number of rotatable bonds is 4. The van der Waals surface area contributed by atoms with Gasteiger partial charge in [0, 0.05) is 0 Å². The van der Waals surface area contributed by atoms with Crippen LogP contribution in [0.1, 0.15) is 13.3 Å². The van der Waals surface area contributed by atoms with E-state index < -0.39 is 0 Å². The van der Waals surface area contributed by atoms with Gasteiger partial charge in [-0.25, -0.2) is 4.99 Å². The van der Waals surface area contributed by atoms with Crippen molar-refractivity contribution >= 4 is 11.5 Å². The van der Waals surface area contributed by atoms with Crippen molar-refractivity contribution < 1.29 is 4.74 Å². The third-order valence-corrected chi connectivity index (χ3v) is 2.11. The molecular formula is C12H16N2O. The zero-order valence-electron chi connectivity index (χ0n) is 9.16. The Labute approximate surface area is 90.3 Å². The molecule has 3 heteroatoms. The molecule has 0 spiro atoms. The van der Waals surface area contributed by atoms with Crippen LogP contribution in [0.4, 0.5) is 5.69 Å². The second-order valence-corrected chi connectivity index (χ2v) is 3.15. The molecule has 0 atom stereocenters. The Hall–Kier alpha value is -1.77. The molecule has 0 aliphatic heterocycles. The molecule has 1 aromatic carbocycles. The lowest BCUT2D eigenvalue weighted by molar-refractivity contribution is 0.415. The summed E-state index contributed by atoms with van der Waals surface area (Å²) in [7, 11) is 1.63. The maximum Gasteiger partial charge on any atom is 0.126 e. The van der Waals surface area contributed by atoms with Gasteiger partial charge in [-0.15, -0.1) is 0 Å². The summed E-state index contributed by atoms with van der Waals surface area (Å²) in [6.45, 7) is 5.82. The molecule has 0 amide bonds. The number of aliphatic imine (C=N–C) groups is 1. The fourth-order valence-corrected chi connectivity index (χ4v) is 1.06. The topological polar surface area (TPSA) is 47.6 Å². The number of nitrogens with two attached hydrogens (primary N) is 1. The molecule has 0 bridgehead atoms. The number of methoxy groups -OCH3 is 1. The Morgan fingerprint density at radius 3 is 2.47 bits per heavy atom. The lowest BCUT2D eigenvalue weighted by Gasteiger charge is -2.02. The van der Waals surface area contributed by atoms with Crippen molar-refractivity contribution in [1.82, 2.24) is 0 Å². The number of amidine groups is 1. The molecule has 0 radical (unpaired) electrons. The van der Waals surface area contributed by atoms with Gasteiger partial charge in [-0.3, -0.25) is 0 Å². The van der Waals surface area contributed by atoms with Crippen LogP contribution in [-0.4, -0.2) is 12.9 Å². The first-order valence-electron chi connectivity index (χ1n) is 4.83. The van der Waals surface area contributed by atoms with Gasteiger partial charge in [-0.05, 0) is 36.3 Å². The van der Waals surface area contributed by atoms with Crippen LogP contribution < -0.4 is 10.5 Å². The molecule has 2 N–H and O–H groups in total. The van der Waals surface area contributed by atoms with Gasteiger partial charge in [-0.1, -0.05) is 13.5 Å². The zero-order chi connectivity index (χ0) is 11.3. The van der Waals surface area contributed by atoms with Gasteiger partial charge in [0.05, 0.1) is 12.8 Å². The molecule has 3 nitrogen and oxygen atoms in total. The highest BCUT2D eigenvalue weighted by atomic mass is 16.5. The molecule has 15 heavy (non-hydrogen) atoms. The van der Waals surface area contributed by atoms with E-state index in [0.717, 1.165) is 23.4 Å². The van der Waals surface area contributed by atoms with Crippen LogP contribution >= 0.6 is 0 Å². The molecule has 1 aromatic rings. The predicted molar refractivity (Wildman–Crippen MR) is 63.7 cm³/mol. The van der Waals surface area contributed by atoms with Gasteiger partial charge >= 0.3 is 0 Å². The summed E-state index contributed by atoms with van der Waals surface area (Å²) in [5.74, 6) is 1.30. The fourth-order valence-electron chi connectivity index (χ4n) is 1.06. The van der Waals surface area contributed by atoms with E-state index in [9.17, 15) is 0 Å². The summed E-state index contributed by atoms with van der Waals surface area (Å²) >= 11 is 0. The monoisotopic (exact) mass is 204 g/mol. The second kappa shape index (κ2) is 5.20. The normalized spacial score (nSPS) is 11.2. The standard InChI is InChI=1S/C12H16N2O/c1-4-9(2)12(13)14-10-5-7-11(15-3)8-6-10/h5-8H,2,4H2,1,3H3,(H2,13,14). The predicted octanol–water partition coefficient (Wildman–Crippen LogP) is 2.65. The third-order valence-electron chi connectivity index (χ3n) is 2.11. The van der Waals surface area contributed by atoms with Crippen LogP contribution in [-0.2, 0) is 0 Å². The van der Waals surface area contributed by atoms with Gasteiger partial charge in [0.15, 0.2) is 0 Å². The van der Waals surface area contributed by atoms with E-state index in [1.165, 1.54) is 0 Å². The summed E-state index contributed by atoms with van der Waals surface area (Å²) in [6, 6.07) is 7.41. The summed E-state index contributed by atoms with van der Waals surface area (Å²) < 4.78 is 5.05. The number of ether oxygens (including phenoxy) is 1. The largest absolute Gasteiger partial charge is 0.497 e. The van der Waals surface area contributed by atoms with Crippen molar-refractivity contribution in [1.29, 1.82) is 0 Å². The molecule has 0 fully saturated rings. The Balaban J connectivity index is 2.84. The Kier molecular flexibility index (Phi) is 3.92. The second-order valence-electron chi connectivity index (χ2n) is 3.15. The lowest BCUT2D eigenvalue weighted by atomic mass is 10.2. The van der Waals surface area contributed by atoms with Crippen LogP contribution in [0.15, 0.2) is 41.4 Å². The molecular weight excluding hydrogens is 188 g/mol. The SMILES string of the molecule is C=C(CC)C(N)=Nc1ccc(OC)cc1. The van der Waals surface area contributed by atoms with Crippen LogP contribution in [0.25, 0.3) is 0 Å². The minimum Gasteiger partial charge on any atom is -0.497 e. The first kappa shape index (κ1) is 11.3. The first-order valence-corrected chi connectivity index (χ1v) is 4.83. The summed E-state index contributed by atoms with van der Waals surface area (Å²) in [5.41, 5.74) is 7.41. The molecule has 80 valence electrons. The van der Waals surface area contributed by atoms with E-state index in [2.05, 4.69) is 11.6 Å². The molecule has 0 aromatic heterocycles. The first-order chi connectivity index (χ1) is 7.17. The van der Waals surface area contributed by atoms with Gasteiger partial charge < -0.3 is 10.5 Å². The molecule has 0 saturated heterocycles. The summed E-state index contributed by atoms with van der Waals surface area (Å²) in [6.07, 6.45) is 0.811. The summed E-state index contributed by atoms with van der Waals surface area (Å²) in [5, 5.41) is 0. The minimum absolute atomic E-state index is 0.489. The number of benzene rings is 1. The third kappa shape index (κ3) is 3.13. The average Bonchev–Trinajstić information content (AvgIpc) is 2.29. The van der Waals surface area contributed by atoms with E-state index >= 15 is 0 Å². The molecule has 0 aliphatic rings. The van der Waals surface area contributed by atoms with E-state index in [4.69, 9.17) is 10.5 Å². The molecule has 0 saturated carbocycles. The number of hydrogen-bond acceptors (Lipinski definition) is 2. The van der Waals surface area contributed by atoms with Crippen molar-refractivity contribution in [3.8, 4) is 5.75 Å². The highest BCUT2D eigenvalue weighted by Gasteiger charge is 1.97. The molecule has 0 aliphatic carbocycles. The van der Waals surface area contributed by atoms with Crippen molar-refractivity contribution in [2.75, 3.05) is 7.11 Å². The van der Waals surface area contributed by atoms with Crippen molar-refractivity contribution in [2.45, 2.75) is 13.3 Å². The van der Waals surface area contributed by atoms with Crippen molar-refractivity contribution in [2.24, 2.45) is 10.7 Å². The maximum atomic E-state index is 5.75. The number of hydrogen-bond donors (Lipinski definition) is 1. The van der Waals surface area contributed by atoms with Gasteiger partial charge in [0.2, 0.25) is 0 Å². The van der Waals surface area contributed by atoms with Crippen molar-refractivity contribution in [3.05, 3.63) is 36.4 Å². The van der Waals surface area contributed by atoms with E-state index in [-0.39, 0.29) is 0 Å². The smallest absolute Gasteiger partial charge is 0.126 e. The van der Waals surface area contributed by atoms with E-state index in [0.29, 0.717) is 5.84 Å². The van der Waals surface area contributed by atoms with Crippen molar-refractivity contribution in [3.63, 3.8) is 0 Å². The van der Waals surface area contributed by atoms with Crippen LogP contribution in [0, 0.1) is 0 Å². The molecule has 1 rings (SSSR count). The van der Waals surface area contributed by atoms with Crippen LogP contribution in [0.5, 0.6) is 5.75 Å². The Morgan fingerprint density at radius 1 is 1.40 bits per heavy atom. The highest BCUT2D eigenvalue weighted by molar-refractivity contribution is 5.97. The summed E-state index contributed by atoms with van der Waals surface area (Å²) in [4.78, 5) is 4.24. The molecule has 0 heterocycles. The average molecular weight is 204 g/mol. The van der Waals surface area contributed by atoms with Crippen LogP contribution in [0.3, 0.4) is 0 Å². The Morgan fingerprint density at radius 2 is 2.00 bits per heavy atom. The Bertz CT molecular complexity index is 366. The lowest BCUT2D eigenvalue weighted by Crippen LogP contribution is -2.12. The van der Waals surface area contributed by atoms with E-state index in [1.54, 1.807) is 7.11 Å². The van der Waals surface area contributed by atoms with Gasteiger partial charge in [0.1, 0.15) is 11.6 Å². The number of nitrogens with zero attached hydrogens (tertiary/aromatic N) is 1. The maximum absolute atomic E-state index is 5.75. The zero-order valence-corrected chi connectivity index (χ0v) is 9.16. The highest BCUT2D eigenvalue weighted by Crippen LogP contribution is 2.18. The van der Waals surface area contributed by atoms with Gasteiger partial charge in [-0.2, -0.15) is 0 Å². The van der Waals surface area contributed by atoms with E-state index in [1.807, 2.05) is 31.2 Å². The van der Waals surface area contributed by atoms with Crippen LogP contribution in [0.2, 0.25) is 0 Å². The molecule has 0 unspecified atom stereocenters. The van der Waals surface area contributed by atoms with Gasteiger partial charge in [0.25, 0.3) is 0 Å². The minimum atomic E-state index is 0.489. The quantitative estimate of drug-likeness (QED) is 0.605. The fraction of sp³-hybridized carbons (Fsp3) is 0.250.